The van der Waals surface area contributed by atoms with Crippen LogP contribution in [0.5, 0.6) is 5.75 Å². The molecule has 0 saturated heterocycles. The van der Waals surface area contributed by atoms with Crippen molar-refractivity contribution in [2.75, 3.05) is 7.11 Å². The van der Waals surface area contributed by atoms with Crippen LogP contribution >= 0.6 is 0 Å². The average Bonchev–Trinajstić information content (AvgIpc) is 2.37. The zero-order valence-electron chi connectivity index (χ0n) is 11.4. The van der Waals surface area contributed by atoms with Crippen LogP contribution in [0.4, 0.5) is 4.39 Å². The predicted octanol–water partition coefficient (Wildman–Crippen LogP) is 1.69. The Kier molecular flexibility index (Phi) is 3.49. The number of methoxy groups -OCH3 is 1. The fourth-order valence-electron chi connectivity index (χ4n) is 2.25. The molecule has 104 valence electrons. The van der Waals surface area contributed by atoms with Gasteiger partial charge >= 0.3 is 0 Å². The first kappa shape index (κ1) is 13.8. The lowest BCUT2D eigenvalue weighted by atomic mass is 9.63. The lowest BCUT2D eigenvalue weighted by molar-refractivity contribution is 0.0584. The second kappa shape index (κ2) is 4.81. The monoisotopic (exact) mass is 266 g/mol. The van der Waals surface area contributed by atoms with Gasteiger partial charge in [0, 0.05) is 23.6 Å². The summed E-state index contributed by atoms with van der Waals surface area (Å²) in [5.41, 5.74) is 5.76. The van der Waals surface area contributed by atoms with E-state index in [2.05, 4.69) is 5.32 Å². The Morgan fingerprint density at radius 2 is 2.21 bits per heavy atom. The Labute approximate surface area is 112 Å². The van der Waals surface area contributed by atoms with Crippen LogP contribution in [0.25, 0.3) is 0 Å². The van der Waals surface area contributed by atoms with Gasteiger partial charge in [-0.1, -0.05) is 13.8 Å². The Balaban J connectivity index is 2.09. The number of rotatable bonds is 3. The largest absolute Gasteiger partial charge is 0.497 e. The third-order valence-electron chi connectivity index (χ3n) is 4.07. The van der Waals surface area contributed by atoms with Crippen molar-refractivity contribution in [3.63, 3.8) is 0 Å². The highest BCUT2D eigenvalue weighted by atomic mass is 19.1. The molecular weight excluding hydrogens is 247 g/mol. The molecule has 1 aromatic rings. The van der Waals surface area contributed by atoms with E-state index in [4.69, 9.17) is 10.5 Å². The Morgan fingerprint density at radius 1 is 1.53 bits per heavy atom. The van der Waals surface area contributed by atoms with Crippen molar-refractivity contribution in [2.45, 2.75) is 32.4 Å². The topological polar surface area (TPSA) is 64.3 Å². The van der Waals surface area contributed by atoms with E-state index in [1.54, 1.807) is 6.07 Å². The molecule has 1 aliphatic rings. The zero-order valence-corrected chi connectivity index (χ0v) is 11.4. The van der Waals surface area contributed by atoms with Crippen LogP contribution in [-0.2, 0) is 0 Å². The van der Waals surface area contributed by atoms with Crippen molar-refractivity contribution < 1.29 is 13.9 Å². The molecule has 2 atom stereocenters. The quantitative estimate of drug-likeness (QED) is 0.875. The van der Waals surface area contributed by atoms with Crippen LogP contribution < -0.4 is 15.8 Å². The number of hydrogen-bond donors (Lipinski definition) is 2. The molecule has 0 bridgehead atoms. The van der Waals surface area contributed by atoms with E-state index in [1.807, 2.05) is 13.8 Å². The van der Waals surface area contributed by atoms with E-state index in [0.717, 1.165) is 6.42 Å². The number of amides is 1. The van der Waals surface area contributed by atoms with Crippen LogP contribution in [0.1, 0.15) is 30.6 Å². The number of nitrogens with one attached hydrogen (secondary N) is 1. The highest BCUT2D eigenvalue weighted by Crippen LogP contribution is 2.39. The summed E-state index contributed by atoms with van der Waals surface area (Å²) >= 11 is 0. The SMILES string of the molecule is COc1ccc(C(=O)NC2CC(N)C2(C)C)c(F)c1. The number of halogens is 1. The molecule has 0 spiro atoms. The minimum atomic E-state index is -0.585. The van der Waals surface area contributed by atoms with E-state index in [0.29, 0.717) is 5.75 Å². The van der Waals surface area contributed by atoms with Crippen LogP contribution in [-0.4, -0.2) is 25.1 Å². The van der Waals surface area contributed by atoms with E-state index >= 15 is 0 Å². The van der Waals surface area contributed by atoms with E-state index in [-0.39, 0.29) is 23.1 Å². The summed E-state index contributed by atoms with van der Waals surface area (Å²) in [6.07, 6.45) is 0.719. The second-order valence-electron chi connectivity index (χ2n) is 5.54. The fourth-order valence-corrected chi connectivity index (χ4v) is 2.25. The minimum absolute atomic E-state index is 0.0171. The van der Waals surface area contributed by atoms with Gasteiger partial charge in [0.05, 0.1) is 12.7 Å². The molecule has 0 radical (unpaired) electrons. The third kappa shape index (κ3) is 2.42. The first-order valence-corrected chi connectivity index (χ1v) is 6.26. The molecule has 5 heteroatoms. The molecule has 19 heavy (non-hydrogen) atoms. The lowest BCUT2D eigenvalue weighted by Gasteiger charge is -2.50. The van der Waals surface area contributed by atoms with Crippen molar-refractivity contribution in [3.05, 3.63) is 29.6 Å². The zero-order chi connectivity index (χ0) is 14.2. The standard InChI is InChI=1S/C14H19FN2O2/c1-14(2)11(16)7-12(14)17-13(18)9-5-4-8(19-3)6-10(9)15/h4-6,11-12H,7,16H2,1-3H3,(H,17,18). The van der Waals surface area contributed by atoms with E-state index < -0.39 is 11.7 Å². The van der Waals surface area contributed by atoms with Gasteiger partial charge in [0.2, 0.25) is 0 Å². The van der Waals surface area contributed by atoms with Gasteiger partial charge in [0.1, 0.15) is 11.6 Å². The van der Waals surface area contributed by atoms with Gasteiger partial charge in [-0.3, -0.25) is 4.79 Å². The highest BCUT2D eigenvalue weighted by molar-refractivity contribution is 5.95. The summed E-state index contributed by atoms with van der Waals surface area (Å²) in [4.78, 5) is 12.0. The van der Waals surface area contributed by atoms with Crippen LogP contribution in [0.2, 0.25) is 0 Å². The molecule has 0 aliphatic heterocycles. The molecular formula is C14H19FN2O2. The maximum absolute atomic E-state index is 13.8. The summed E-state index contributed by atoms with van der Waals surface area (Å²) in [7, 11) is 1.45. The van der Waals surface area contributed by atoms with Crippen LogP contribution in [0.3, 0.4) is 0 Å². The number of ether oxygens (including phenoxy) is 1. The van der Waals surface area contributed by atoms with Gasteiger partial charge in [-0.05, 0) is 18.6 Å². The highest BCUT2D eigenvalue weighted by Gasteiger charge is 2.46. The number of carbonyl (C=O) groups is 1. The minimum Gasteiger partial charge on any atom is -0.497 e. The Morgan fingerprint density at radius 3 is 2.68 bits per heavy atom. The maximum atomic E-state index is 13.8. The van der Waals surface area contributed by atoms with Crippen LogP contribution in [0.15, 0.2) is 18.2 Å². The number of hydrogen-bond acceptors (Lipinski definition) is 3. The smallest absolute Gasteiger partial charge is 0.254 e. The summed E-state index contributed by atoms with van der Waals surface area (Å²) < 4.78 is 18.7. The first-order chi connectivity index (χ1) is 8.86. The third-order valence-corrected chi connectivity index (χ3v) is 4.07. The molecule has 4 nitrogen and oxygen atoms in total. The summed E-state index contributed by atoms with van der Waals surface area (Å²) in [6.45, 7) is 3.99. The van der Waals surface area contributed by atoms with Gasteiger partial charge in [0.25, 0.3) is 5.91 Å². The molecule has 1 amide bonds. The summed E-state index contributed by atoms with van der Waals surface area (Å²) in [5, 5.41) is 2.83. The first-order valence-electron chi connectivity index (χ1n) is 6.26. The lowest BCUT2D eigenvalue weighted by Crippen LogP contribution is -2.64. The fraction of sp³-hybridized carbons (Fsp3) is 0.500. The molecule has 1 fully saturated rings. The predicted molar refractivity (Wildman–Crippen MR) is 70.6 cm³/mol. The van der Waals surface area contributed by atoms with Crippen molar-refractivity contribution in [1.29, 1.82) is 0 Å². The van der Waals surface area contributed by atoms with E-state index in [9.17, 15) is 9.18 Å². The van der Waals surface area contributed by atoms with Crippen LogP contribution in [0, 0.1) is 11.2 Å². The van der Waals surface area contributed by atoms with Gasteiger partial charge in [-0.25, -0.2) is 4.39 Å². The van der Waals surface area contributed by atoms with Crippen molar-refractivity contribution in [2.24, 2.45) is 11.1 Å². The average molecular weight is 266 g/mol. The summed E-state index contributed by atoms with van der Waals surface area (Å²) in [6, 6.07) is 4.24. The normalized spacial score (nSPS) is 24.5. The molecule has 3 N–H and O–H groups in total. The summed E-state index contributed by atoms with van der Waals surface area (Å²) in [5.74, 6) is -0.608. The Bertz CT molecular complexity index is 502. The molecule has 1 aromatic carbocycles. The molecule has 1 saturated carbocycles. The Hall–Kier alpha value is -1.62. The number of nitrogens with two attached hydrogens (primary N) is 1. The van der Waals surface area contributed by atoms with Gasteiger partial charge in [-0.15, -0.1) is 0 Å². The molecule has 0 heterocycles. The van der Waals surface area contributed by atoms with Crippen molar-refractivity contribution in [1.82, 2.24) is 5.32 Å². The van der Waals surface area contributed by atoms with Crippen molar-refractivity contribution in [3.8, 4) is 5.75 Å². The number of benzene rings is 1. The van der Waals surface area contributed by atoms with E-state index in [1.165, 1.54) is 19.2 Å². The second-order valence-corrected chi connectivity index (χ2v) is 5.54. The molecule has 2 rings (SSSR count). The number of carbonyl (C=O) groups excluding carboxylic acids is 1. The molecule has 1 aliphatic carbocycles. The molecule has 0 aromatic heterocycles. The van der Waals surface area contributed by atoms with Gasteiger partial charge in [-0.2, -0.15) is 0 Å². The van der Waals surface area contributed by atoms with Crippen molar-refractivity contribution >= 4 is 5.91 Å². The van der Waals surface area contributed by atoms with Gasteiger partial charge < -0.3 is 15.8 Å². The molecule has 2 unspecified atom stereocenters. The van der Waals surface area contributed by atoms with Gasteiger partial charge in [0.15, 0.2) is 0 Å². The maximum Gasteiger partial charge on any atom is 0.254 e.